The highest BCUT2D eigenvalue weighted by atomic mass is 31.3. The molecule has 0 amide bonds. The van der Waals surface area contributed by atoms with Crippen molar-refractivity contribution in [3.05, 3.63) is 11.6 Å². The number of nitrogens with one attached hydrogen (secondary N) is 1. The monoisotopic (exact) mass is 277 g/mol. The minimum atomic E-state index is -5.10. The molecular weight excluding hydrogens is 264 g/mol. The maximum atomic E-state index is 10.9. The molecule has 16 heavy (non-hydrogen) atoms. The average molecular weight is 277 g/mol. The van der Waals surface area contributed by atoms with Crippen LogP contribution >= 0.6 is 15.6 Å². The van der Waals surface area contributed by atoms with Crippen molar-refractivity contribution in [1.82, 2.24) is 5.48 Å². The van der Waals surface area contributed by atoms with Crippen molar-refractivity contribution in [2.24, 2.45) is 0 Å². The third-order valence-corrected chi connectivity index (χ3v) is 3.22. The Labute approximate surface area is 91.5 Å². The van der Waals surface area contributed by atoms with Crippen molar-refractivity contribution in [2.75, 3.05) is 13.2 Å². The van der Waals surface area contributed by atoms with Crippen LogP contribution in [0.3, 0.4) is 0 Å². The highest BCUT2D eigenvalue weighted by Crippen LogP contribution is 2.56. The van der Waals surface area contributed by atoms with E-state index in [-0.39, 0.29) is 13.2 Å². The van der Waals surface area contributed by atoms with Crippen LogP contribution in [0, 0.1) is 0 Å². The van der Waals surface area contributed by atoms with Crippen LogP contribution in [-0.2, 0) is 18.1 Å². The summed E-state index contributed by atoms with van der Waals surface area (Å²) in [7, 11) is -9.95. The lowest BCUT2D eigenvalue weighted by molar-refractivity contribution is 0.124. The Morgan fingerprint density at radius 1 is 1.38 bits per heavy atom. The first kappa shape index (κ1) is 15.9. The van der Waals surface area contributed by atoms with Gasteiger partial charge in [-0.25, -0.2) is 9.13 Å². The summed E-state index contributed by atoms with van der Waals surface area (Å²) in [5, 5.41) is 8.47. The summed E-state index contributed by atoms with van der Waals surface area (Å²) in [5.41, 5.74) is 2.57. The molecule has 0 fully saturated rings. The summed E-state index contributed by atoms with van der Waals surface area (Å²) in [6, 6.07) is 0. The lowest BCUT2D eigenvalue weighted by Gasteiger charge is -2.12. The lowest BCUT2D eigenvalue weighted by atomic mass is 10.3. The minimum Gasteiger partial charge on any atom is -0.392 e. The molecule has 0 spiro atoms. The molecule has 11 heteroatoms. The van der Waals surface area contributed by atoms with Crippen LogP contribution in [0.5, 0.6) is 0 Å². The van der Waals surface area contributed by atoms with Gasteiger partial charge in [-0.1, -0.05) is 11.6 Å². The van der Waals surface area contributed by atoms with Crippen molar-refractivity contribution in [3.8, 4) is 0 Å². The third-order valence-electron chi connectivity index (χ3n) is 1.18. The van der Waals surface area contributed by atoms with E-state index in [1.165, 1.54) is 6.08 Å². The number of rotatable bonds is 7. The molecule has 96 valence electrons. The van der Waals surface area contributed by atoms with Gasteiger partial charge in [-0.05, 0) is 6.92 Å². The molecule has 1 atom stereocenters. The number of phosphoric acid groups is 2. The first-order chi connectivity index (χ1) is 7.16. The van der Waals surface area contributed by atoms with Crippen LogP contribution in [0.1, 0.15) is 6.92 Å². The van der Waals surface area contributed by atoms with Gasteiger partial charge in [-0.3, -0.25) is 0 Å². The van der Waals surface area contributed by atoms with Crippen molar-refractivity contribution in [3.63, 3.8) is 0 Å². The zero-order valence-corrected chi connectivity index (χ0v) is 10.1. The van der Waals surface area contributed by atoms with Gasteiger partial charge < -0.3 is 19.8 Å². The first-order valence-corrected chi connectivity index (χ1v) is 6.96. The van der Waals surface area contributed by atoms with Crippen LogP contribution in [-0.4, -0.2) is 32.9 Å². The molecule has 0 saturated heterocycles. The van der Waals surface area contributed by atoms with E-state index < -0.39 is 15.6 Å². The second-order valence-corrected chi connectivity index (χ2v) is 5.44. The number of hydrogen-bond acceptors (Lipinski definition) is 6. The lowest BCUT2D eigenvalue weighted by Crippen LogP contribution is -2.16. The smallest absolute Gasteiger partial charge is 0.392 e. The number of hydrogen-bond donors (Lipinski definition) is 5. The quantitative estimate of drug-likeness (QED) is 0.239. The van der Waals surface area contributed by atoms with Crippen LogP contribution in [0.15, 0.2) is 11.6 Å². The molecule has 0 aromatic rings. The molecule has 0 aromatic heterocycles. The summed E-state index contributed by atoms with van der Waals surface area (Å²) in [4.78, 5) is 25.3. The standard InChI is InChI=1S/C5H13NO8P2/c1-5(2-3-7)4-6-13-16(11,12)14-15(8,9)10/h2,6-7H,3-4H2,1H3,(H,11,12)(H2,8,9,10). The molecule has 0 saturated carbocycles. The zero-order chi connectivity index (χ0) is 12.8. The van der Waals surface area contributed by atoms with E-state index in [1.807, 2.05) is 5.48 Å². The Morgan fingerprint density at radius 2 is 1.94 bits per heavy atom. The first-order valence-electron chi connectivity index (χ1n) is 3.94. The summed E-state index contributed by atoms with van der Waals surface area (Å²) < 4.78 is 28.6. The van der Waals surface area contributed by atoms with E-state index >= 15 is 0 Å². The van der Waals surface area contributed by atoms with Gasteiger partial charge >= 0.3 is 15.6 Å². The maximum absolute atomic E-state index is 10.9. The molecule has 9 nitrogen and oxygen atoms in total. The van der Waals surface area contributed by atoms with E-state index in [0.717, 1.165) is 0 Å². The van der Waals surface area contributed by atoms with Gasteiger partial charge in [0, 0.05) is 6.54 Å². The predicted molar refractivity (Wildman–Crippen MR) is 52.9 cm³/mol. The van der Waals surface area contributed by atoms with Crippen LogP contribution in [0.4, 0.5) is 0 Å². The molecular formula is C5H13NO8P2. The van der Waals surface area contributed by atoms with E-state index in [1.54, 1.807) is 6.92 Å². The molecule has 0 aliphatic carbocycles. The largest absolute Gasteiger partial charge is 0.497 e. The van der Waals surface area contributed by atoms with Gasteiger partial charge in [0.15, 0.2) is 0 Å². The predicted octanol–water partition coefficient (Wildman–Crippen LogP) is -0.344. The van der Waals surface area contributed by atoms with Crippen molar-refractivity contribution < 1.29 is 37.9 Å². The topological polar surface area (TPSA) is 146 Å². The molecule has 0 aromatic carbocycles. The van der Waals surface area contributed by atoms with Crippen LogP contribution in [0.2, 0.25) is 0 Å². The van der Waals surface area contributed by atoms with Crippen molar-refractivity contribution in [1.29, 1.82) is 0 Å². The van der Waals surface area contributed by atoms with Crippen LogP contribution in [0.25, 0.3) is 0 Å². The maximum Gasteiger partial charge on any atom is 0.497 e. The van der Waals surface area contributed by atoms with Crippen molar-refractivity contribution in [2.45, 2.75) is 6.92 Å². The van der Waals surface area contributed by atoms with E-state index in [0.29, 0.717) is 5.57 Å². The van der Waals surface area contributed by atoms with Gasteiger partial charge in [0.25, 0.3) is 0 Å². The molecule has 0 aliphatic rings. The molecule has 5 N–H and O–H groups in total. The fraction of sp³-hybridized carbons (Fsp3) is 0.600. The average Bonchev–Trinajstić information content (AvgIpc) is 1.98. The summed E-state index contributed by atoms with van der Waals surface area (Å²) >= 11 is 0. The van der Waals surface area contributed by atoms with Gasteiger partial charge in [-0.15, -0.1) is 0 Å². The summed E-state index contributed by atoms with van der Waals surface area (Å²) in [5.74, 6) is 0. The highest BCUT2D eigenvalue weighted by Gasteiger charge is 2.32. The van der Waals surface area contributed by atoms with Gasteiger partial charge in [-0.2, -0.15) is 14.4 Å². The molecule has 0 bridgehead atoms. The van der Waals surface area contributed by atoms with E-state index in [9.17, 15) is 9.13 Å². The summed E-state index contributed by atoms with van der Waals surface area (Å²) in [6.07, 6.45) is 1.41. The Bertz CT molecular complexity index is 335. The highest BCUT2D eigenvalue weighted by molar-refractivity contribution is 7.60. The molecule has 0 heterocycles. The number of aliphatic hydroxyl groups is 1. The Morgan fingerprint density at radius 3 is 2.38 bits per heavy atom. The Hall–Kier alpha value is -0.0800. The Balaban J connectivity index is 4.06. The molecule has 1 unspecified atom stereocenters. The second kappa shape index (κ2) is 6.61. The Kier molecular flexibility index (Phi) is 6.57. The fourth-order valence-electron chi connectivity index (χ4n) is 0.607. The summed E-state index contributed by atoms with van der Waals surface area (Å²) in [6.45, 7) is 1.37. The van der Waals surface area contributed by atoms with Crippen LogP contribution < -0.4 is 5.48 Å². The van der Waals surface area contributed by atoms with Crippen molar-refractivity contribution >= 4 is 15.6 Å². The van der Waals surface area contributed by atoms with E-state index in [4.69, 9.17) is 19.8 Å². The molecule has 0 rings (SSSR count). The molecule has 0 aliphatic heterocycles. The fourth-order valence-corrected chi connectivity index (χ4v) is 2.04. The van der Waals surface area contributed by atoms with Gasteiger partial charge in [0.05, 0.1) is 6.61 Å². The SMILES string of the molecule is CC(=CCO)CNOP(=O)(O)OP(=O)(O)O. The van der Waals surface area contributed by atoms with Gasteiger partial charge in [0.2, 0.25) is 0 Å². The zero-order valence-electron chi connectivity index (χ0n) is 8.31. The normalized spacial score (nSPS) is 17.2. The second-order valence-electron chi connectivity index (χ2n) is 2.69. The third kappa shape index (κ3) is 9.17. The van der Waals surface area contributed by atoms with Gasteiger partial charge in [0.1, 0.15) is 0 Å². The molecule has 0 radical (unpaired) electrons. The van der Waals surface area contributed by atoms with E-state index in [2.05, 4.69) is 8.94 Å². The number of aliphatic hydroxyl groups excluding tert-OH is 1. The number of hydroxylamine groups is 1. The minimum absolute atomic E-state index is 0.0182.